The zero-order valence-electron chi connectivity index (χ0n) is 19.5. The third-order valence-corrected chi connectivity index (χ3v) is 6.11. The van der Waals surface area contributed by atoms with Crippen LogP contribution in [0.1, 0.15) is 18.4 Å². The quantitative estimate of drug-likeness (QED) is 0.545. The molecule has 12 heteroatoms. The van der Waals surface area contributed by atoms with Crippen molar-refractivity contribution in [1.82, 2.24) is 25.3 Å². The first kappa shape index (κ1) is 24.2. The van der Waals surface area contributed by atoms with Crippen LogP contribution in [0.25, 0.3) is 22.5 Å². The Morgan fingerprint density at radius 3 is 2.50 bits per heavy atom. The molecule has 0 aliphatic carbocycles. The second kappa shape index (κ2) is 10.2. The van der Waals surface area contributed by atoms with Crippen LogP contribution in [0.2, 0.25) is 0 Å². The predicted octanol–water partition coefficient (Wildman–Crippen LogP) is 3.17. The van der Waals surface area contributed by atoms with E-state index in [0.29, 0.717) is 49.3 Å². The van der Waals surface area contributed by atoms with E-state index in [4.69, 9.17) is 15.2 Å². The van der Waals surface area contributed by atoms with Crippen molar-refractivity contribution < 1.29 is 22.6 Å². The number of hydrogen-bond acceptors (Lipinski definition) is 9. The molecular formula is C24H26F3N7O2. The van der Waals surface area contributed by atoms with E-state index in [0.717, 1.165) is 38.2 Å². The van der Waals surface area contributed by atoms with E-state index in [-0.39, 0.29) is 23.2 Å². The van der Waals surface area contributed by atoms with Crippen molar-refractivity contribution in [2.75, 3.05) is 50.0 Å². The maximum atomic E-state index is 13.9. The Balaban J connectivity index is 1.57. The van der Waals surface area contributed by atoms with Gasteiger partial charge in [0.15, 0.2) is 0 Å². The van der Waals surface area contributed by atoms with Gasteiger partial charge in [-0.2, -0.15) is 13.2 Å². The highest BCUT2D eigenvalue weighted by Gasteiger charge is 2.35. The molecule has 2 saturated heterocycles. The van der Waals surface area contributed by atoms with Gasteiger partial charge in [-0.05, 0) is 44.1 Å². The first-order valence-electron chi connectivity index (χ1n) is 11.7. The molecule has 36 heavy (non-hydrogen) atoms. The number of nitrogens with two attached hydrogens (primary N) is 1. The number of nitrogen functional groups attached to an aromatic ring is 1. The summed E-state index contributed by atoms with van der Waals surface area (Å²) >= 11 is 0. The Morgan fingerprint density at radius 2 is 1.75 bits per heavy atom. The molecule has 3 aromatic rings. The van der Waals surface area contributed by atoms with Crippen LogP contribution in [-0.4, -0.2) is 65.4 Å². The Hall–Kier alpha value is -3.51. The molecule has 0 radical (unpaired) electrons. The number of aromatic nitrogens is 4. The number of rotatable bonds is 5. The summed E-state index contributed by atoms with van der Waals surface area (Å²) in [5, 5.41) is 3.30. The van der Waals surface area contributed by atoms with E-state index in [1.807, 2.05) is 4.90 Å². The molecule has 0 aromatic carbocycles. The zero-order chi connectivity index (χ0) is 25.1. The molecule has 0 unspecified atom stereocenters. The second-order valence-corrected chi connectivity index (χ2v) is 8.67. The molecule has 2 fully saturated rings. The summed E-state index contributed by atoms with van der Waals surface area (Å²) < 4.78 is 53.2. The predicted molar refractivity (Wildman–Crippen MR) is 127 cm³/mol. The summed E-state index contributed by atoms with van der Waals surface area (Å²) in [6, 6.07) is 4.13. The Kier molecular flexibility index (Phi) is 6.88. The summed E-state index contributed by atoms with van der Waals surface area (Å²) in [5.41, 5.74) is 5.61. The minimum atomic E-state index is -4.64. The molecule has 0 spiro atoms. The van der Waals surface area contributed by atoms with E-state index in [2.05, 4.69) is 25.3 Å². The highest BCUT2D eigenvalue weighted by Crippen LogP contribution is 2.38. The van der Waals surface area contributed by atoms with Gasteiger partial charge in [0.05, 0.1) is 36.4 Å². The number of pyridine rings is 2. The van der Waals surface area contributed by atoms with E-state index in [1.54, 1.807) is 18.5 Å². The van der Waals surface area contributed by atoms with Gasteiger partial charge in [-0.15, -0.1) is 0 Å². The fourth-order valence-electron chi connectivity index (χ4n) is 4.26. The number of anilines is 2. The lowest BCUT2D eigenvalue weighted by Crippen LogP contribution is -2.37. The smallest absolute Gasteiger partial charge is 0.417 e. The number of alkyl halides is 3. The largest absolute Gasteiger partial charge is 0.489 e. The number of morpholine rings is 1. The number of nitrogens with zero attached hydrogens (tertiary/aromatic N) is 5. The van der Waals surface area contributed by atoms with Gasteiger partial charge in [0, 0.05) is 36.6 Å². The van der Waals surface area contributed by atoms with Crippen molar-refractivity contribution in [2.45, 2.75) is 25.1 Å². The Bertz CT molecular complexity index is 1210. The minimum Gasteiger partial charge on any atom is -0.489 e. The molecule has 2 aliphatic heterocycles. The SMILES string of the molecule is Nc1cc(C(F)(F)F)c(-c2cc(-c3cncc(OC4CCNCC4)c3)nc(N3CCOCC3)n2)cn1. The highest BCUT2D eigenvalue weighted by atomic mass is 19.4. The molecule has 5 rings (SSSR count). The average molecular weight is 502 g/mol. The van der Waals surface area contributed by atoms with Crippen LogP contribution < -0.4 is 20.7 Å². The maximum Gasteiger partial charge on any atom is 0.417 e. The fraction of sp³-hybridized carbons (Fsp3) is 0.417. The van der Waals surface area contributed by atoms with Crippen molar-refractivity contribution in [2.24, 2.45) is 0 Å². The Labute approximate surface area is 205 Å². The zero-order valence-corrected chi connectivity index (χ0v) is 19.5. The summed E-state index contributed by atoms with van der Waals surface area (Å²) in [7, 11) is 0. The van der Waals surface area contributed by atoms with Crippen LogP contribution >= 0.6 is 0 Å². The first-order chi connectivity index (χ1) is 17.4. The van der Waals surface area contributed by atoms with Crippen molar-refractivity contribution in [1.29, 1.82) is 0 Å². The lowest BCUT2D eigenvalue weighted by Gasteiger charge is -2.27. The Morgan fingerprint density at radius 1 is 1.00 bits per heavy atom. The van der Waals surface area contributed by atoms with Crippen molar-refractivity contribution >= 4 is 11.8 Å². The van der Waals surface area contributed by atoms with Gasteiger partial charge in [-0.1, -0.05) is 0 Å². The third-order valence-electron chi connectivity index (χ3n) is 6.11. The summed E-state index contributed by atoms with van der Waals surface area (Å²) in [6.07, 6.45) is 1.53. The van der Waals surface area contributed by atoms with Gasteiger partial charge in [0.2, 0.25) is 5.95 Å². The monoisotopic (exact) mass is 501 g/mol. The number of hydrogen-bond donors (Lipinski definition) is 2. The number of piperidine rings is 1. The lowest BCUT2D eigenvalue weighted by molar-refractivity contribution is -0.137. The molecule has 0 saturated carbocycles. The number of ether oxygens (including phenoxy) is 2. The molecular weight excluding hydrogens is 475 g/mol. The summed E-state index contributed by atoms with van der Waals surface area (Å²) in [6.45, 7) is 3.75. The fourth-order valence-corrected chi connectivity index (χ4v) is 4.26. The van der Waals surface area contributed by atoms with Crippen LogP contribution in [0, 0.1) is 0 Å². The lowest BCUT2D eigenvalue weighted by atomic mass is 10.0. The van der Waals surface area contributed by atoms with Crippen molar-refractivity contribution in [3.8, 4) is 28.3 Å². The molecule has 190 valence electrons. The van der Waals surface area contributed by atoms with E-state index in [9.17, 15) is 13.2 Å². The second-order valence-electron chi connectivity index (χ2n) is 8.67. The molecule has 5 heterocycles. The van der Waals surface area contributed by atoms with Crippen LogP contribution in [-0.2, 0) is 10.9 Å². The van der Waals surface area contributed by atoms with Crippen LogP contribution in [0.3, 0.4) is 0 Å². The topological polar surface area (TPSA) is 111 Å². The number of nitrogens with one attached hydrogen (secondary N) is 1. The molecule has 0 bridgehead atoms. The van der Waals surface area contributed by atoms with Crippen LogP contribution in [0.15, 0.2) is 36.8 Å². The van der Waals surface area contributed by atoms with Gasteiger partial charge in [-0.3, -0.25) is 4.98 Å². The van der Waals surface area contributed by atoms with Crippen LogP contribution in [0.4, 0.5) is 24.9 Å². The average Bonchev–Trinajstić information content (AvgIpc) is 2.89. The summed E-state index contributed by atoms with van der Waals surface area (Å²) in [4.78, 5) is 19.3. The summed E-state index contributed by atoms with van der Waals surface area (Å²) in [5.74, 6) is 0.666. The minimum absolute atomic E-state index is 0.0726. The van der Waals surface area contributed by atoms with Crippen LogP contribution in [0.5, 0.6) is 5.75 Å². The maximum absolute atomic E-state index is 13.9. The van der Waals surface area contributed by atoms with Gasteiger partial charge in [0.25, 0.3) is 0 Å². The third kappa shape index (κ3) is 5.49. The molecule has 3 N–H and O–H groups in total. The highest BCUT2D eigenvalue weighted by molar-refractivity contribution is 5.72. The van der Waals surface area contributed by atoms with E-state index >= 15 is 0 Å². The van der Waals surface area contributed by atoms with Crippen molar-refractivity contribution in [3.05, 3.63) is 42.4 Å². The molecule has 0 atom stereocenters. The first-order valence-corrected chi connectivity index (χ1v) is 11.7. The van der Waals surface area contributed by atoms with Gasteiger partial charge in [0.1, 0.15) is 17.7 Å². The standard InChI is InChI=1S/C24H26F3N7O2/c25-24(26,27)19-10-22(28)31-14-18(19)21-11-20(32-23(33-21)34-5-7-35-8-6-34)15-9-17(13-30-12-15)36-16-1-3-29-4-2-16/h9-14,16,29H,1-8H2,(H2,28,31). The van der Waals surface area contributed by atoms with Crippen molar-refractivity contribution in [3.63, 3.8) is 0 Å². The van der Waals surface area contributed by atoms with E-state index < -0.39 is 11.7 Å². The number of halogens is 3. The molecule has 9 nitrogen and oxygen atoms in total. The van der Waals surface area contributed by atoms with E-state index in [1.165, 1.54) is 6.07 Å². The normalized spacial score (nSPS) is 17.2. The van der Waals surface area contributed by atoms with Gasteiger partial charge >= 0.3 is 6.18 Å². The molecule has 2 aliphatic rings. The molecule has 3 aromatic heterocycles. The molecule has 0 amide bonds. The van der Waals surface area contributed by atoms with Gasteiger partial charge < -0.3 is 25.4 Å². The van der Waals surface area contributed by atoms with Gasteiger partial charge in [-0.25, -0.2) is 15.0 Å².